The molecule has 0 aliphatic carbocycles. The molecular weight excluding hydrogens is 596 g/mol. The van der Waals surface area contributed by atoms with Gasteiger partial charge in [0.1, 0.15) is 11.4 Å². The van der Waals surface area contributed by atoms with Crippen LogP contribution in [0.3, 0.4) is 0 Å². The molecule has 0 bridgehead atoms. The Morgan fingerprint density at radius 2 is 0.896 bits per heavy atom. The van der Waals surface area contributed by atoms with Crippen LogP contribution >= 0.6 is 0 Å². The molecule has 8 nitrogen and oxygen atoms in total. The molecule has 8 heteroatoms. The first-order chi connectivity index (χ1) is 23.1. The molecule has 0 amide bonds. The minimum atomic E-state index is -1.21. The quantitative estimate of drug-likeness (QED) is 0.129. The Morgan fingerprint density at radius 1 is 0.542 bits per heavy atom. The lowest BCUT2D eigenvalue weighted by molar-refractivity contribution is 0.0697. The van der Waals surface area contributed by atoms with Crippen molar-refractivity contribution in [3.05, 3.63) is 96.1 Å². The number of carbonyl (C=O) groups is 1. The number of fused-ring (bicyclic) bond motifs is 2. The van der Waals surface area contributed by atoms with E-state index in [1.54, 1.807) is 13.0 Å². The van der Waals surface area contributed by atoms with Gasteiger partial charge in [0, 0.05) is 0 Å². The molecule has 0 heterocycles. The van der Waals surface area contributed by atoms with Crippen LogP contribution < -0.4 is 11.5 Å². The van der Waals surface area contributed by atoms with Crippen molar-refractivity contribution in [2.75, 3.05) is 11.5 Å². The summed E-state index contributed by atoms with van der Waals surface area (Å²) in [5.41, 5.74) is 14.2. The van der Waals surface area contributed by atoms with Crippen molar-refractivity contribution in [3.63, 3.8) is 0 Å². The molecule has 48 heavy (non-hydrogen) atoms. The van der Waals surface area contributed by atoms with E-state index in [1.807, 2.05) is 78.9 Å². The maximum atomic E-state index is 12.1. The van der Waals surface area contributed by atoms with Gasteiger partial charge in [-0.25, -0.2) is 4.79 Å². The number of anilines is 2. The molecule has 0 unspecified atom stereocenters. The Hall–Kier alpha value is -5.11. The Labute approximate surface area is 287 Å². The largest absolute Gasteiger partial charge is 0.478 e. The predicted octanol–water partition coefficient (Wildman–Crippen LogP) is 13.7. The Balaban J connectivity index is 0.000000843. The highest BCUT2D eigenvalue weighted by Gasteiger charge is 2.23. The number of nitrogen functional groups attached to an aromatic ring is 2. The molecule has 0 aliphatic heterocycles. The van der Waals surface area contributed by atoms with Gasteiger partial charge in [0.25, 0.3) is 0 Å². The number of hydrogen-bond donors (Lipinski definition) is 3. The van der Waals surface area contributed by atoms with E-state index in [4.69, 9.17) is 11.5 Å². The van der Waals surface area contributed by atoms with Gasteiger partial charge in [-0.1, -0.05) is 142 Å². The van der Waals surface area contributed by atoms with Gasteiger partial charge in [-0.15, -0.1) is 10.2 Å². The van der Waals surface area contributed by atoms with Gasteiger partial charge in [-0.05, 0) is 58.3 Å². The standard InChI is InChI=1S/C28H22N6O2.4C3H8/c1-16-23(28(35)36)26(33-31-21-12-10-17-6-2-4-8-19(17)14-21)25(30)27(24(16)29)34-32-22-13-11-18-7-3-5-9-20(18)15-22;4*1-3-2/h2-15H,29-30H2,1H3,(H,35,36);4*3H2,1-2H3. The summed E-state index contributed by atoms with van der Waals surface area (Å²) in [4.78, 5) is 12.1. The number of azo groups is 2. The Kier molecular flexibility index (Phi) is 19.1. The molecule has 0 saturated carbocycles. The lowest BCUT2D eigenvalue weighted by atomic mass is 10.0. The van der Waals surface area contributed by atoms with E-state index >= 15 is 0 Å². The van der Waals surface area contributed by atoms with Crippen LogP contribution in [0.15, 0.2) is 105 Å². The molecule has 0 aromatic heterocycles. The van der Waals surface area contributed by atoms with Crippen LogP contribution in [0, 0.1) is 6.92 Å². The molecule has 0 radical (unpaired) electrons. The lowest BCUT2D eigenvalue weighted by Gasteiger charge is -2.13. The first-order valence-electron chi connectivity index (χ1n) is 16.8. The van der Waals surface area contributed by atoms with Crippen molar-refractivity contribution in [1.82, 2.24) is 0 Å². The summed E-state index contributed by atoms with van der Waals surface area (Å²) in [6.07, 6.45) is 5.00. The average Bonchev–Trinajstić information content (AvgIpc) is 3.07. The summed E-state index contributed by atoms with van der Waals surface area (Å²) in [5.74, 6) is -1.21. The molecule has 0 fully saturated rings. The van der Waals surface area contributed by atoms with Gasteiger partial charge in [0.15, 0.2) is 0 Å². The van der Waals surface area contributed by atoms with E-state index in [9.17, 15) is 9.90 Å². The normalized spacial score (nSPS) is 10.3. The fourth-order valence-corrected chi connectivity index (χ4v) is 4.05. The van der Waals surface area contributed by atoms with Crippen molar-refractivity contribution in [1.29, 1.82) is 0 Å². The molecule has 5 rings (SSSR count). The van der Waals surface area contributed by atoms with E-state index < -0.39 is 5.97 Å². The van der Waals surface area contributed by atoms with Gasteiger partial charge in [0.05, 0.1) is 28.3 Å². The maximum Gasteiger partial charge on any atom is 0.338 e. The average molecular weight is 651 g/mol. The fourth-order valence-electron chi connectivity index (χ4n) is 4.05. The Morgan fingerprint density at radius 3 is 1.27 bits per heavy atom. The SMILES string of the molecule is CCC.CCC.CCC.CCC.Cc1c(N)c(N=Nc2ccc3ccccc3c2)c(N)c(N=Nc2ccc3ccccc3c2)c1C(=O)O. The molecule has 0 atom stereocenters. The molecule has 5 aromatic rings. The van der Waals surface area contributed by atoms with Crippen LogP contribution in [0.25, 0.3) is 21.5 Å². The molecule has 0 aliphatic rings. The summed E-state index contributed by atoms with van der Waals surface area (Å²) in [7, 11) is 0. The van der Waals surface area contributed by atoms with E-state index in [1.165, 1.54) is 25.7 Å². The number of nitrogens with two attached hydrogens (primary N) is 2. The van der Waals surface area contributed by atoms with Gasteiger partial charge < -0.3 is 16.6 Å². The number of carboxylic acids is 1. The highest BCUT2D eigenvalue weighted by atomic mass is 16.4. The molecular formula is C40H54N6O2. The number of nitrogens with zero attached hydrogens (tertiary/aromatic N) is 4. The highest BCUT2D eigenvalue weighted by Crippen LogP contribution is 2.44. The smallest absolute Gasteiger partial charge is 0.338 e. The summed E-state index contributed by atoms with van der Waals surface area (Å²) in [6, 6.07) is 27.0. The van der Waals surface area contributed by atoms with Crippen molar-refractivity contribution < 1.29 is 9.90 Å². The van der Waals surface area contributed by atoms with Gasteiger partial charge in [-0.3, -0.25) is 0 Å². The second kappa shape index (κ2) is 22.4. The van der Waals surface area contributed by atoms with Crippen molar-refractivity contribution in [2.24, 2.45) is 20.5 Å². The Bertz CT molecular complexity index is 1770. The molecule has 256 valence electrons. The van der Waals surface area contributed by atoms with E-state index in [2.05, 4.69) is 75.8 Å². The monoisotopic (exact) mass is 650 g/mol. The van der Waals surface area contributed by atoms with Crippen LogP contribution in [-0.2, 0) is 0 Å². The number of aromatic carboxylic acids is 1. The highest BCUT2D eigenvalue weighted by molar-refractivity contribution is 6.04. The fraction of sp³-hybridized carbons (Fsp3) is 0.325. The van der Waals surface area contributed by atoms with Crippen molar-refractivity contribution >= 4 is 61.6 Å². The summed E-state index contributed by atoms with van der Waals surface area (Å²) >= 11 is 0. The van der Waals surface area contributed by atoms with Crippen LogP contribution in [0.1, 0.15) is 97.0 Å². The minimum Gasteiger partial charge on any atom is -0.478 e. The maximum absolute atomic E-state index is 12.1. The summed E-state index contributed by atoms with van der Waals surface area (Å²) < 4.78 is 0. The van der Waals surface area contributed by atoms with Crippen LogP contribution in [-0.4, -0.2) is 11.1 Å². The first-order valence-corrected chi connectivity index (χ1v) is 16.8. The van der Waals surface area contributed by atoms with Crippen LogP contribution in [0.4, 0.5) is 34.1 Å². The van der Waals surface area contributed by atoms with E-state index in [0.717, 1.165) is 21.5 Å². The summed E-state index contributed by atoms with van der Waals surface area (Å²) in [5, 5.41) is 31.1. The number of rotatable bonds is 5. The van der Waals surface area contributed by atoms with Crippen LogP contribution in [0.2, 0.25) is 0 Å². The predicted molar refractivity (Wildman–Crippen MR) is 207 cm³/mol. The molecule has 5 N–H and O–H groups in total. The van der Waals surface area contributed by atoms with E-state index in [-0.39, 0.29) is 33.9 Å². The third-order valence-corrected chi connectivity index (χ3v) is 5.99. The third kappa shape index (κ3) is 12.2. The number of carboxylic acid groups (broad SMARTS) is 1. The lowest BCUT2D eigenvalue weighted by Crippen LogP contribution is -2.06. The van der Waals surface area contributed by atoms with Crippen LogP contribution in [0.5, 0.6) is 0 Å². The third-order valence-electron chi connectivity index (χ3n) is 5.99. The van der Waals surface area contributed by atoms with E-state index in [0.29, 0.717) is 11.4 Å². The molecule has 0 spiro atoms. The van der Waals surface area contributed by atoms with Gasteiger partial charge in [0.2, 0.25) is 0 Å². The zero-order valence-corrected chi connectivity index (χ0v) is 30.2. The second-order valence-corrected chi connectivity index (χ2v) is 11.1. The van der Waals surface area contributed by atoms with Crippen molar-refractivity contribution in [2.45, 2.75) is 88.0 Å². The first kappa shape index (κ1) is 40.9. The van der Waals surface area contributed by atoms with Crippen molar-refractivity contribution in [3.8, 4) is 0 Å². The molecule has 5 aromatic carbocycles. The number of benzene rings is 5. The number of hydrogen-bond acceptors (Lipinski definition) is 7. The van der Waals surface area contributed by atoms with Gasteiger partial charge in [-0.2, -0.15) is 10.2 Å². The zero-order chi connectivity index (χ0) is 36.1. The summed E-state index contributed by atoms with van der Waals surface area (Å²) in [6.45, 7) is 18.6. The topological polar surface area (TPSA) is 139 Å². The zero-order valence-electron chi connectivity index (χ0n) is 30.2. The second-order valence-electron chi connectivity index (χ2n) is 11.1. The van der Waals surface area contributed by atoms with Gasteiger partial charge >= 0.3 is 5.97 Å². The molecule has 0 saturated heterocycles. The minimum absolute atomic E-state index is 0.00965.